The Labute approximate surface area is 148 Å². The number of benzene rings is 1. The average Bonchev–Trinajstić information content (AvgIpc) is 2.56. The highest BCUT2D eigenvalue weighted by Gasteiger charge is 2.13. The molecule has 1 fully saturated rings. The molecule has 1 aromatic carbocycles. The normalized spacial score (nSPS) is 15.1. The van der Waals surface area contributed by atoms with Crippen molar-refractivity contribution in [2.45, 2.75) is 20.0 Å². The smallest absolute Gasteiger partial charge is 0.338 e. The molecule has 0 radical (unpaired) electrons. The number of morpholine rings is 1. The van der Waals surface area contributed by atoms with Crippen LogP contribution in [0.15, 0.2) is 24.3 Å². The Morgan fingerprint density at radius 3 is 2.58 bits per heavy atom. The molecule has 132 valence electrons. The summed E-state index contributed by atoms with van der Waals surface area (Å²) in [6, 6.07) is 7.09. The van der Waals surface area contributed by atoms with Crippen molar-refractivity contribution in [3.63, 3.8) is 0 Å². The third-order valence-corrected chi connectivity index (χ3v) is 3.93. The Morgan fingerprint density at radius 1 is 1.29 bits per heavy atom. The van der Waals surface area contributed by atoms with Crippen LogP contribution >= 0.6 is 12.2 Å². The molecule has 0 aliphatic carbocycles. The lowest BCUT2D eigenvalue weighted by atomic mass is 10.2. The molecule has 0 unspecified atom stereocenters. The molecule has 0 saturated carbocycles. The minimum Gasteiger partial charge on any atom is -0.459 e. The Bertz CT molecular complexity index is 543. The summed E-state index contributed by atoms with van der Waals surface area (Å²) in [5, 5.41) is 6.91. The predicted octanol–water partition coefficient (Wildman–Crippen LogP) is 0.453. The third-order valence-electron chi connectivity index (χ3n) is 3.69. The monoisotopic (exact) mass is 352 g/mol. The van der Waals surface area contributed by atoms with Crippen molar-refractivity contribution in [1.82, 2.24) is 5.32 Å². The second-order valence-corrected chi connectivity index (χ2v) is 6.43. The molecule has 0 bridgehead atoms. The first kappa shape index (κ1) is 18.6. The number of hydrogen-bond donors (Lipinski definition) is 3. The molecule has 2 rings (SSSR count). The lowest BCUT2D eigenvalue weighted by Crippen LogP contribution is -3.14. The van der Waals surface area contributed by atoms with E-state index >= 15 is 0 Å². The average molecular weight is 352 g/mol. The van der Waals surface area contributed by atoms with Gasteiger partial charge in [0.1, 0.15) is 13.1 Å². The van der Waals surface area contributed by atoms with Gasteiger partial charge in [-0.25, -0.2) is 4.79 Å². The highest BCUT2D eigenvalue weighted by atomic mass is 32.1. The molecular formula is C17H26N3O3S+. The molecule has 0 amide bonds. The van der Waals surface area contributed by atoms with Crippen molar-refractivity contribution in [3.8, 4) is 0 Å². The van der Waals surface area contributed by atoms with Crippen LogP contribution in [0.1, 0.15) is 24.2 Å². The third kappa shape index (κ3) is 6.43. The predicted molar refractivity (Wildman–Crippen MR) is 97.6 cm³/mol. The maximum Gasteiger partial charge on any atom is 0.338 e. The lowest BCUT2D eigenvalue weighted by molar-refractivity contribution is -0.906. The Hall–Kier alpha value is -1.70. The number of anilines is 1. The Morgan fingerprint density at radius 2 is 1.96 bits per heavy atom. The lowest BCUT2D eigenvalue weighted by Gasteiger charge is -2.24. The van der Waals surface area contributed by atoms with E-state index in [4.69, 9.17) is 21.7 Å². The first-order valence-corrected chi connectivity index (χ1v) is 8.72. The van der Waals surface area contributed by atoms with Crippen molar-refractivity contribution in [2.24, 2.45) is 0 Å². The SMILES string of the molecule is CC(C)OC(=O)c1ccc(NC(=S)NCC[NH+]2CCOCC2)cc1. The number of carbonyl (C=O) groups is 1. The Balaban J connectivity index is 1.72. The molecule has 1 aromatic rings. The highest BCUT2D eigenvalue weighted by molar-refractivity contribution is 7.80. The fourth-order valence-corrected chi connectivity index (χ4v) is 2.63. The summed E-state index contributed by atoms with van der Waals surface area (Å²) in [6.45, 7) is 9.27. The zero-order chi connectivity index (χ0) is 17.4. The summed E-state index contributed by atoms with van der Waals surface area (Å²) >= 11 is 5.30. The minimum atomic E-state index is -0.314. The van der Waals surface area contributed by atoms with Crippen molar-refractivity contribution in [1.29, 1.82) is 0 Å². The van der Waals surface area contributed by atoms with Crippen molar-refractivity contribution < 1.29 is 19.2 Å². The molecule has 7 heteroatoms. The van der Waals surface area contributed by atoms with E-state index in [0.29, 0.717) is 10.7 Å². The van der Waals surface area contributed by atoms with Crippen LogP contribution in [0.25, 0.3) is 0 Å². The van der Waals surface area contributed by atoms with Gasteiger partial charge in [0.2, 0.25) is 0 Å². The molecular weight excluding hydrogens is 326 g/mol. The number of thiocarbonyl (C=S) groups is 1. The van der Waals surface area contributed by atoms with Crippen LogP contribution in [0.4, 0.5) is 5.69 Å². The van der Waals surface area contributed by atoms with Gasteiger partial charge in [0.25, 0.3) is 0 Å². The van der Waals surface area contributed by atoms with Crippen LogP contribution in [-0.4, -0.2) is 56.6 Å². The number of hydrogen-bond acceptors (Lipinski definition) is 4. The Kier molecular flexibility index (Phi) is 7.42. The van der Waals surface area contributed by atoms with Gasteiger partial charge in [0.15, 0.2) is 5.11 Å². The first-order valence-electron chi connectivity index (χ1n) is 8.32. The van der Waals surface area contributed by atoms with E-state index in [1.54, 1.807) is 12.1 Å². The van der Waals surface area contributed by atoms with Gasteiger partial charge in [0, 0.05) is 5.69 Å². The van der Waals surface area contributed by atoms with Gasteiger partial charge in [-0.2, -0.15) is 0 Å². The summed E-state index contributed by atoms with van der Waals surface area (Å²) in [4.78, 5) is 13.3. The molecule has 0 atom stereocenters. The van der Waals surface area contributed by atoms with Crippen LogP contribution < -0.4 is 15.5 Å². The number of nitrogens with one attached hydrogen (secondary N) is 3. The van der Waals surface area contributed by atoms with E-state index in [1.807, 2.05) is 26.0 Å². The largest absolute Gasteiger partial charge is 0.459 e. The molecule has 1 heterocycles. The van der Waals surface area contributed by atoms with E-state index in [0.717, 1.165) is 45.1 Å². The minimum absolute atomic E-state index is 0.124. The second-order valence-electron chi connectivity index (χ2n) is 6.02. The van der Waals surface area contributed by atoms with Crippen LogP contribution in [0, 0.1) is 0 Å². The van der Waals surface area contributed by atoms with Gasteiger partial charge >= 0.3 is 5.97 Å². The molecule has 3 N–H and O–H groups in total. The summed E-state index contributed by atoms with van der Waals surface area (Å²) in [5.74, 6) is -0.314. The topological polar surface area (TPSA) is 64.0 Å². The summed E-state index contributed by atoms with van der Waals surface area (Å²) in [5.41, 5.74) is 1.37. The second kappa shape index (κ2) is 9.56. The zero-order valence-corrected chi connectivity index (χ0v) is 15.1. The van der Waals surface area contributed by atoms with Crippen LogP contribution in [-0.2, 0) is 9.47 Å². The maximum atomic E-state index is 11.8. The maximum absolute atomic E-state index is 11.8. The number of ether oxygens (including phenoxy) is 2. The van der Waals surface area contributed by atoms with Gasteiger partial charge in [-0.15, -0.1) is 0 Å². The van der Waals surface area contributed by atoms with E-state index in [2.05, 4.69) is 10.6 Å². The number of carbonyl (C=O) groups excluding carboxylic acids is 1. The van der Waals surface area contributed by atoms with Gasteiger partial charge in [-0.05, 0) is 50.3 Å². The van der Waals surface area contributed by atoms with Crippen LogP contribution in [0.3, 0.4) is 0 Å². The molecule has 6 nitrogen and oxygen atoms in total. The van der Waals surface area contributed by atoms with E-state index in [1.165, 1.54) is 4.90 Å². The fourth-order valence-electron chi connectivity index (χ4n) is 2.41. The summed E-state index contributed by atoms with van der Waals surface area (Å²) in [6.07, 6.45) is -0.124. The molecule has 1 aliphatic rings. The molecule has 0 aromatic heterocycles. The molecule has 1 aliphatic heterocycles. The van der Waals surface area contributed by atoms with Crippen LogP contribution in [0.2, 0.25) is 0 Å². The van der Waals surface area contributed by atoms with Crippen LogP contribution in [0.5, 0.6) is 0 Å². The zero-order valence-electron chi connectivity index (χ0n) is 14.3. The number of esters is 1. The number of rotatable bonds is 6. The highest BCUT2D eigenvalue weighted by Crippen LogP contribution is 2.11. The molecule has 1 saturated heterocycles. The standard InChI is InChI=1S/C17H25N3O3S/c1-13(2)23-16(21)14-3-5-15(6-4-14)19-17(24)18-7-8-20-9-11-22-12-10-20/h3-6,13H,7-12H2,1-2H3,(H2,18,19,24)/p+1. The van der Waals surface area contributed by atoms with Gasteiger partial charge < -0.3 is 25.0 Å². The van der Waals surface area contributed by atoms with Crippen molar-refractivity contribution >= 4 is 29.0 Å². The van der Waals surface area contributed by atoms with E-state index in [9.17, 15) is 4.79 Å². The van der Waals surface area contributed by atoms with Gasteiger partial charge in [0.05, 0.1) is 38.0 Å². The first-order chi connectivity index (χ1) is 11.5. The molecule has 24 heavy (non-hydrogen) atoms. The quantitative estimate of drug-likeness (QED) is 0.511. The van der Waals surface area contributed by atoms with Gasteiger partial charge in [-0.3, -0.25) is 0 Å². The van der Waals surface area contributed by atoms with Crippen molar-refractivity contribution in [2.75, 3.05) is 44.7 Å². The summed E-state index contributed by atoms with van der Waals surface area (Å²) < 4.78 is 10.5. The summed E-state index contributed by atoms with van der Waals surface area (Å²) in [7, 11) is 0. The van der Waals surface area contributed by atoms with Crippen molar-refractivity contribution in [3.05, 3.63) is 29.8 Å². The van der Waals surface area contributed by atoms with Gasteiger partial charge in [-0.1, -0.05) is 0 Å². The van der Waals surface area contributed by atoms with E-state index in [-0.39, 0.29) is 12.1 Å². The van der Waals surface area contributed by atoms with E-state index < -0.39 is 0 Å². The molecule has 0 spiro atoms. The number of quaternary nitrogens is 1. The fraction of sp³-hybridized carbons (Fsp3) is 0.529.